The molecule has 0 amide bonds. The number of aliphatic imine (C=N–C) groups is 1. The molecule has 0 atom stereocenters. The number of halogens is 2. The van der Waals surface area contributed by atoms with Crippen molar-refractivity contribution in [2.24, 2.45) is 9.98 Å². The first-order chi connectivity index (χ1) is 10.2. The van der Waals surface area contributed by atoms with Gasteiger partial charge >= 0.3 is 0 Å². The van der Waals surface area contributed by atoms with Gasteiger partial charge in [0.15, 0.2) is 0 Å². The first-order valence-electron chi connectivity index (χ1n) is 6.55. The molecule has 0 fully saturated rings. The summed E-state index contributed by atoms with van der Waals surface area (Å²) in [6.45, 7) is 0.229. The molecule has 1 aliphatic heterocycles. The molecule has 0 spiro atoms. The molecule has 1 aliphatic rings. The number of fused-ring (bicyclic) bond motifs is 1. The topological polar surface area (TPSA) is 48.2 Å². The summed E-state index contributed by atoms with van der Waals surface area (Å²) in [4.78, 5) is 8.60. The molecule has 0 saturated heterocycles. The monoisotopic (exact) mass is 335 g/mol. The van der Waals surface area contributed by atoms with E-state index in [2.05, 4.69) is 9.98 Å². The summed E-state index contributed by atoms with van der Waals surface area (Å²) in [6.07, 6.45) is 0. The van der Waals surface area contributed by atoms with Crippen molar-refractivity contribution < 1.29 is 5.21 Å². The van der Waals surface area contributed by atoms with Crippen LogP contribution in [0.4, 0.5) is 0 Å². The lowest BCUT2D eigenvalue weighted by molar-refractivity contribution is -0.0119. The Bertz CT molecular complexity index is 819. The highest BCUT2D eigenvalue weighted by molar-refractivity contribution is 6.30. The van der Waals surface area contributed by atoms with Gasteiger partial charge < -0.3 is 0 Å². The number of amidine groups is 1. The largest absolute Gasteiger partial charge is 0.288 e. The lowest BCUT2D eigenvalue weighted by atomic mass is 10.1. The second-order valence-electron chi connectivity index (χ2n) is 4.69. The molecule has 0 radical (unpaired) electrons. The number of hydroxylamine groups is 2. The number of benzene rings is 2. The molecular formula is C16H15Cl2N3O. The highest BCUT2D eigenvalue weighted by Gasteiger charge is 2.17. The van der Waals surface area contributed by atoms with Gasteiger partial charge in [-0.25, -0.2) is 10.1 Å². The standard InChI is InChI=1S/C16H14ClN3O.ClH/c1-18-15-10-20(21)16(11-5-3-2-4-6-11)13-9-12(17)7-8-14(13)19-15;/h2-9,21H,10H2,1H3;1H/b18-15-;. The summed E-state index contributed by atoms with van der Waals surface area (Å²) in [7, 11) is 1.66. The molecule has 0 saturated carbocycles. The predicted octanol–water partition coefficient (Wildman–Crippen LogP) is 2.27. The second-order valence-corrected chi connectivity index (χ2v) is 5.12. The molecule has 0 unspecified atom stereocenters. The first kappa shape index (κ1) is 16.5. The highest BCUT2D eigenvalue weighted by Crippen LogP contribution is 2.15. The third kappa shape index (κ3) is 3.14. The van der Waals surface area contributed by atoms with Crippen molar-refractivity contribution >= 4 is 35.5 Å². The average molecular weight is 336 g/mol. The zero-order valence-corrected chi connectivity index (χ0v) is 13.5. The number of nitrogens with zero attached hydrogens (tertiary/aromatic N) is 3. The molecule has 0 aliphatic carbocycles. The fourth-order valence-electron chi connectivity index (χ4n) is 2.34. The number of rotatable bonds is 1. The van der Waals surface area contributed by atoms with Gasteiger partial charge in [0.1, 0.15) is 12.4 Å². The normalized spacial score (nSPS) is 15.7. The molecule has 22 heavy (non-hydrogen) atoms. The van der Waals surface area contributed by atoms with Gasteiger partial charge in [0.2, 0.25) is 0 Å². The van der Waals surface area contributed by atoms with Gasteiger partial charge in [-0.1, -0.05) is 41.9 Å². The fourth-order valence-corrected chi connectivity index (χ4v) is 2.52. The van der Waals surface area contributed by atoms with Gasteiger partial charge in [-0.3, -0.25) is 10.2 Å². The van der Waals surface area contributed by atoms with Crippen LogP contribution in [0.2, 0.25) is 5.02 Å². The maximum atomic E-state index is 10.5. The molecule has 6 heteroatoms. The minimum atomic E-state index is 0. The maximum Gasteiger partial charge on any atom is 0.145 e. The van der Waals surface area contributed by atoms with E-state index in [4.69, 9.17) is 11.6 Å². The lowest BCUT2D eigenvalue weighted by Gasteiger charge is -2.19. The van der Waals surface area contributed by atoms with Crippen LogP contribution in [-0.4, -0.2) is 29.7 Å². The van der Waals surface area contributed by atoms with Crippen molar-refractivity contribution in [3.05, 3.63) is 69.7 Å². The SMILES string of the molecule is C/N=C1/CN(O)C(c2ccccc2)=c2cc(Cl)ccc2=N1.Cl. The Morgan fingerprint density at radius 1 is 1.18 bits per heavy atom. The number of hydrogen-bond donors (Lipinski definition) is 1. The van der Waals surface area contributed by atoms with Crippen LogP contribution >= 0.6 is 24.0 Å². The molecule has 2 aromatic carbocycles. The van der Waals surface area contributed by atoms with Crippen LogP contribution < -0.4 is 10.6 Å². The Balaban J connectivity index is 0.00000176. The third-order valence-electron chi connectivity index (χ3n) is 3.32. The molecule has 0 aromatic heterocycles. The minimum Gasteiger partial charge on any atom is -0.288 e. The Hall–Kier alpha value is -1.88. The van der Waals surface area contributed by atoms with Gasteiger partial charge in [-0.15, -0.1) is 12.4 Å². The van der Waals surface area contributed by atoms with Gasteiger partial charge in [0, 0.05) is 22.9 Å². The smallest absolute Gasteiger partial charge is 0.145 e. The lowest BCUT2D eigenvalue weighted by Crippen LogP contribution is -2.31. The molecule has 0 bridgehead atoms. The van der Waals surface area contributed by atoms with E-state index in [9.17, 15) is 5.21 Å². The molecule has 4 nitrogen and oxygen atoms in total. The van der Waals surface area contributed by atoms with Crippen LogP contribution in [0.3, 0.4) is 0 Å². The van der Waals surface area contributed by atoms with Crippen molar-refractivity contribution in [2.75, 3.05) is 13.6 Å². The van der Waals surface area contributed by atoms with Crippen LogP contribution in [0.25, 0.3) is 5.70 Å². The third-order valence-corrected chi connectivity index (χ3v) is 3.55. The van der Waals surface area contributed by atoms with E-state index in [1.807, 2.05) is 42.5 Å². The zero-order chi connectivity index (χ0) is 14.8. The number of hydrogen-bond acceptors (Lipinski definition) is 3. The molecular weight excluding hydrogens is 321 g/mol. The van der Waals surface area contributed by atoms with E-state index in [1.54, 1.807) is 13.1 Å². The molecule has 3 rings (SSSR count). The van der Waals surface area contributed by atoms with Crippen LogP contribution in [0.5, 0.6) is 0 Å². The Morgan fingerprint density at radius 3 is 2.59 bits per heavy atom. The minimum absolute atomic E-state index is 0. The van der Waals surface area contributed by atoms with Gasteiger partial charge in [0.25, 0.3) is 0 Å². The van der Waals surface area contributed by atoms with Crippen LogP contribution in [-0.2, 0) is 0 Å². The summed E-state index contributed by atoms with van der Waals surface area (Å²) < 4.78 is 0. The summed E-state index contributed by atoms with van der Waals surface area (Å²) in [5.74, 6) is 0.562. The van der Waals surface area contributed by atoms with Gasteiger partial charge in [0.05, 0.1) is 11.1 Å². The summed E-state index contributed by atoms with van der Waals surface area (Å²) in [6, 6.07) is 15.1. The molecule has 1 N–H and O–H groups in total. The van der Waals surface area contributed by atoms with Crippen molar-refractivity contribution in [1.29, 1.82) is 0 Å². The Labute approximate surface area is 139 Å². The van der Waals surface area contributed by atoms with Crippen molar-refractivity contribution in [2.45, 2.75) is 0 Å². The molecule has 2 aromatic rings. The van der Waals surface area contributed by atoms with E-state index in [0.717, 1.165) is 16.1 Å². The zero-order valence-electron chi connectivity index (χ0n) is 11.9. The highest BCUT2D eigenvalue weighted by atomic mass is 35.5. The van der Waals surface area contributed by atoms with Crippen molar-refractivity contribution in [3.63, 3.8) is 0 Å². The average Bonchev–Trinajstić information content (AvgIpc) is 2.63. The van der Waals surface area contributed by atoms with E-state index in [0.29, 0.717) is 16.6 Å². The Kier molecular flexibility index (Phi) is 5.19. The van der Waals surface area contributed by atoms with Gasteiger partial charge in [-0.05, 0) is 18.2 Å². The summed E-state index contributed by atoms with van der Waals surface area (Å²) >= 11 is 6.12. The summed E-state index contributed by atoms with van der Waals surface area (Å²) in [5.41, 5.74) is 1.58. The van der Waals surface area contributed by atoms with E-state index in [-0.39, 0.29) is 19.0 Å². The van der Waals surface area contributed by atoms with Crippen molar-refractivity contribution in [1.82, 2.24) is 5.06 Å². The first-order valence-corrected chi connectivity index (χ1v) is 6.93. The van der Waals surface area contributed by atoms with E-state index >= 15 is 0 Å². The van der Waals surface area contributed by atoms with E-state index in [1.165, 1.54) is 5.06 Å². The van der Waals surface area contributed by atoms with Crippen LogP contribution in [0.15, 0.2) is 58.5 Å². The summed E-state index contributed by atoms with van der Waals surface area (Å²) in [5, 5.41) is 13.8. The quantitative estimate of drug-likeness (QED) is 0.869. The second kappa shape index (κ2) is 6.92. The molecule has 114 valence electrons. The van der Waals surface area contributed by atoms with Gasteiger partial charge in [-0.2, -0.15) is 0 Å². The van der Waals surface area contributed by atoms with Crippen LogP contribution in [0.1, 0.15) is 5.56 Å². The van der Waals surface area contributed by atoms with Crippen molar-refractivity contribution in [3.8, 4) is 0 Å². The predicted molar refractivity (Wildman–Crippen MR) is 90.3 cm³/mol. The fraction of sp³-hybridized carbons (Fsp3) is 0.125. The maximum absolute atomic E-state index is 10.5. The molecule has 1 heterocycles. The van der Waals surface area contributed by atoms with Crippen LogP contribution in [0, 0.1) is 0 Å². The van der Waals surface area contributed by atoms with E-state index < -0.39 is 0 Å². The Morgan fingerprint density at radius 2 is 1.91 bits per heavy atom.